The van der Waals surface area contributed by atoms with E-state index in [4.69, 9.17) is 0 Å². The van der Waals surface area contributed by atoms with Crippen LogP contribution in [-0.2, 0) is 13.0 Å². The molecule has 138 valence electrons. The van der Waals surface area contributed by atoms with Crippen molar-refractivity contribution >= 4 is 5.91 Å². The molecule has 0 aromatic carbocycles. The van der Waals surface area contributed by atoms with Gasteiger partial charge in [0.1, 0.15) is 5.69 Å². The molecule has 4 rings (SSSR count). The fourth-order valence-corrected chi connectivity index (χ4v) is 4.27. The molecule has 6 nitrogen and oxygen atoms in total. The zero-order valence-electron chi connectivity index (χ0n) is 15.4. The number of aromatic amines is 1. The SMILES string of the molecule is CC(C)CCc1cc(C(=O)N2C[C@@H]3C[C@H](C2)c2cccc(=O)n2C3)n[nH]1. The van der Waals surface area contributed by atoms with E-state index in [9.17, 15) is 9.59 Å². The molecule has 2 atom stereocenters. The van der Waals surface area contributed by atoms with Crippen molar-refractivity contribution in [3.8, 4) is 0 Å². The predicted octanol–water partition coefficient (Wildman–Crippen LogP) is 2.42. The Bertz CT molecular complexity index is 867. The molecule has 0 radical (unpaired) electrons. The first kappa shape index (κ1) is 17.1. The van der Waals surface area contributed by atoms with Crippen molar-refractivity contribution in [2.45, 2.75) is 45.6 Å². The molecule has 4 heterocycles. The van der Waals surface area contributed by atoms with Crippen molar-refractivity contribution in [3.05, 3.63) is 51.7 Å². The summed E-state index contributed by atoms with van der Waals surface area (Å²) in [5.74, 6) is 1.20. The minimum Gasteiger partial charge on any atom is -0.336 e. The van der Waals surface area contributed by atoms with Gasteiger partial charge in [0.05, 0.1) is 0 Å². The van der Waals surface area contributed by atoms with Crippen molar-refractivity contribution < 1.29 is 4.79 Å². The molecule has 0 saturated carbocycles. The van der Waals surface area contributed by atoms with E-state index < -0.39 is 0 Å². The van der Waals surface area contributed by atoms with E-state index in [0.717, 1.165) is 30.7 Å². The largest absolute Gasteiger partial charge is 0.336 e. The summed E-state index contributed by atoms with van der Waals surface area (Å²) >= 11 is 0. The molecule has 2 aliphatic rings. The van der Waals surface area contributed by atoms with Crippen LogP contribution in [0, 0.1) is 11.8 Å². The summed E-state index contributed by atoms with van der Waals surface area (Å²) in [5.41, 5.74) is 2.66. The predicted molar refractivity (Wildman–Crippen MR) is 99.2 cm³/mol. The molecule has 1 amide bonds. The highest BCUT2D eigenvalue weighted by Crippen LogP contribution is 2.35. The molecule has 2 bridgehead atoms. The Hall–Kier alpha value is -2.37. The molecule has 2 aliphatic heterocycles. The van der Waals surface area contributed by atoms with E-state index in [2.05, 4.69) is 24.0 Å². The van der Waals surface area contributed by atoms with Gasteiger partial charge in [-0.1, -0.05) is 19.9 Å². The number of likely N-dealkylation sites (tertiary alicyclic amines) is 1. The zero-order valence-corrected chi connectivity index (χ0v) is 15.4. The quantitative estimate of drug-likeness (QED) is 0.917. The van der Waals surface area contributed by atoms with E-state index >= 15 is 0 Å². The van der Waals surface area contributed by atoms with Crippen LogP contribution < -0.4 is 5.56 Å². The number of aryl methyl sites for hydroxylation is 1. The number of fused-ring (bicyclic) bond motifs is 4. The minimum atomic E-state index is -0.00141. The highest BCUT2D eigenvalue weighted by atomic mass is 16.2. The first-order valence-corrected chi connectivity index (χ1v) is 9.54. The zero-order chi connectivity index (χ0) is 18.3. The average Bonchev–Trinajstić information content (AvgIpc) is 3.09. The summed E-state index contributed by atoms with van der Waals surface area (Å²) < 4.78 is 1.89. The van der Waals surface area contributed by atoms with Crippen LogP contribution >= 0.6 is 0 Å². The molecule has 0 aliphatic carbocycles. The molecular weight excluding hydrogens is 328 g/mol. The second-order valence-corrected chi connectivity index (χ2v) is 8.12. The van der Waals surface area contributed by atoms with Crippen LogP contribution in [0.25, 0.3) is 0 Å². The van der Waals surface area contributed by atoms with Gasteiger partial charge in [-0.2, -0.15) is 5.10 Å². The van der Waals surface area contributed by atoms with Crippen LogP contribution in [0.1, 0.15) is 54.5 Å². The number of H-pyrrole nitrogens is 1. The molecule has 1 N–H and O–H groups in total. The maximum Gasteiger partial charge on any atom is 0.274 e. The van der Waals surface area contributed by atoms with Crippen molar-refractivity contribution in [1.82, 2.24) is 19.7 Å². The van der Waals surface area contributed by atoms with Crippen molar-refractivity contribution in [2.75, 3.05) is 13.1 Å². The second-order valence-electron chi connectivity index (χ2n) is 8.12. The fraction of sp³-hybridized carbons (Fsp3) is 0.550. The summed E-state index contributed by atoms with van der Waals surface area (Å²) in [5, 5.41) is 7.26. The van der Waals surface area contributed by atoms with Crippen LogP contribution in [0.2, 0.25) is 0 Å². The Balaban J connectivity index is 1.50. The summed E-state index contributed by atoms with van der Waals surface area (Å²) in [6.45, 7) is 6.45. The number of nitrogens with one attached hydrogen (secondary N) is 1. The Labute approximate surface area is 153 Å². The van der Waals surface area contributed by atoms with Gasteiger partial charge in [-0.15, -0.1) is 0 Å². The second kappa shape index (κ2) is 6.74. The number of aromatic nitrogens is 3. The molecule has 1 fully saturated rings. The van der Waals surface area contributed by atoms with Crippen molar-refractivity contribution in [3.63, 3.8) is 0 Å². The summed E-state index contributed by atoms with van der Waals surface area (Å²) in [7, 11) is 0. The number of carbonyl (C=O) groups excluding carboxylic acids is 1. The van der Waals surface area contributed by atoms with Gasteiger partial charge in [-0.25, -0.2) is 0 Å². The summed E-state index contributed by atoms with van der Waals surface area (Å²) in [4.78, 5) is 27.0. The number of pyridine rings is 1. The molecule has 0 spiro atoms. The first-order chi connectivity index (χ1) is 12.5. The Morgan fingerprint density at radius 2 is 2.15 bits per heavy atom. The van der Waals surface area contributed by atoms with Gasteiger partial charge < -0.3 is 9.47 Å². The Morgan fingerprint density at radius 3 is 2.96 bits per heavy atom. The molecule has 6 heteroatoms. The number of amides is 1. The molecular formula is C20H26N4O2. The average molecular weight is 354 g/mol. The topological polar surface area (TPSA) is 71.0 Å². The van der Waals surface area contributed by atoms with Gasteiger partial charge in [-0.05, 0) is 43.2 Å². The summed E-state index contributed by atoms with van der Waals surface area (Å²) in [6.07, 6.45) is 3.04. The smallest absolute Gasteiger partial charge is 0.274 e. The maximum atomic E-state index is 12.9. The van der Waals surface area contributed by atoms with E-state index in [1.807, 2.05) is 27.7 Å². The number of carbonyl (C=O) groups is 1. The lowest BCUT2D eigenvalue weighted by Gasteiger charge is -2.42. The van der Waals surface area contributed by atoms with E-state index in [0.29, 0.717) is 37.2 Å². The Kier molecular flexibility index (Phi) is 4.42. The third-order valence-electron chi connectivity index (χ3n) is 5.61. The van der Waals surface area contributed by atoms with Gasteiger partial charge in [0.15, 0.2) is 0 Å². The van der Waals surface area contributed by atoms with Crippen molar-refractivity contribution in [1.29, 1.82) is 0 Å². The van der Waals surface area contributed by atoms with Crippen LogP contribution in [0.5, 0.6) is 0 Å². The first-order valence-electron chi connectivity index (χ1n) is 9.54. The molecule has 2 aromatic rings. The number of rotatable bonds is 4. The number of hydrogen-bond donors (Lipinski definition) is 1. The van der Waals surface area contributed by atoms with E-state index in [1.165, 1.54) is 0 Å². The molecule has 26 heavy (non-hydrogen) atoms. The van der Waals surface area contributed by atoms with Crippen LogP contribution in [-0.4, -0.2) is 38.7 Å². The lowest BCUT2D eigenvalue weighted by Crippen LogP contribution is -2.49. The van der Waals surface area contributed by atoms with Crippen LogP contribution in [0.15, 0.2) is 29.1 Å². The van der Waals surface area contributed by atoms with Crippen molar-refractivity contribution in [2.24, 2.45) is 11.8 Å². The standard InChI is InChI=1S/C20H26N4O2/c1-13(2)6-7-16-9-17(22-21-16)20(26)23-10-14-8-15(12-23)18-4-3-5-19(25)24(18)11-14/h3-5,9,13-15H,6-8,10-12H2,1-2H3,(H,21,22)/t14-,15+/m0/s1. The summed E-state index contributed by atoms with van der Waals surface area (Å²) in [6, 6.07) is 7.36. The van der Waals surface area contributed by atoms with Gasteiger partial charge >= 0.3 is 0 Å². The van der Waals surface area contributed by atoms with Crippen LogP contribution in [0.3, 0.4) is 0 Å². The normalized spacial score (nSPS) is 21.7. The van der Waals surface area contributed by atoms with Crippen LogP contribution in [0.4, 0.5) is 0 Å². The highest BCUT2D eigenvalue weighted by molar-refractivity contribution is 5.92. The third-order valence-corrected chi connectivity index (χ3v) is 5.61. The molecule has 1 saturated heterocycles. The van der Waals surface area contributed by atoms with Gasteiger partial charge in [0, 0.05) is 43.0 Å². The lowest BCUT2D eigenvalue weighted by atomic mass is 9.83. The number of nitrogens with zero attached hydrogens (tertiary/aromatic N) is 3. The Morgan fingerprint density at radius 1 is 1.31 bits per heavy atom. The van der Waals surface area contributed by atoms with Gasteiger partial charge in [-0.3, -0.25) is 14.7 Å². The monoisotopic (exact) mass is 354 g/mol. The van der Waals surface area contributed by atoms with Gasteiger partial charge in [0.2, 0.25) is 0 Å². The van der Waals surface area contributed by atoms with Gasteiger partial charge in [0.25, 0.3) is 11.5 Å². The van der Waals surface area contributed by atoms with E-state index in [1.54, 1.807) is 6.07 Å². The maximum absolute atomic E-state index is 12.9. The lowest BCUT2D eigenvalue weighted by molar-refractivity contribution is 0.0588. The number of hydrogen-bond acceptors (Lipinski definition) is 3. The number of piperidine rings is 1. The highest BCUT2D eigenvalue weighted by Gasteiger charge is 2.36. The third kappa shape index (κ3) is 3.20. The molecule has 0 unspecified atom stereocenters. The fourth-order valence-electron chi connectivity index (χ4n) is 4.27. The molecule has 2 aromatic heterocycles. The van der Waals surface area contributed by atoms with E-state index in [-0.39, 0.29) is 17.4 Å². The minimum absolute atomic E-state index is 0.00141.